The number of amides is 1. The van der Waals surface area contributed by atoms with E-state index in [-0.39, 0.29) is 18.0 Å². The fourth-order valence-corrected chi connectivity index (χ4v) is 2.59. The van der Waals surface area contributed by atoms with Crippen LogP contribution in [0.2, 0.25) is 0 Å². The van der Waals surface area contributed by atoms with Crippen molar-refractivity contribution in [2.45, 2.75) is 18.7 Å². The molecule has 2 aromatic heterocycles. The van der Waals surface area contributed by atoms with Gasteiger partial charge in [-0.05, 0) is 18.2 Å². The monoisotopic (exact) mass is 353 g/mol. The van der Waals surface area contributed by atoms with Crippen LogP contribution in [0.15, 0.2) is 41.5 Å². The Balaban J connectivity index is 1.67. The molecule has 0 aliphatic carbocycles. The van der Waals surface area contributed by atoms with Gasteiger partial charge in [-0.1, -0.05) is 0 Å². The van der Waals surface area contributed by atoms with Crippen LogP contribution >= 0.6 is 0 Å². The van der Waals surface area contributed by atoms with Crippen LogP contribution in [0.5, 0.6) is 5.88 Å². The van der Waals surface area contributed by atoms with Crippen molar-refractivity contribution >= 4 is 5.91 Å². The van der Waals surface area contributed by atoms with E-state index < -0.39 is 29.3 Å². The lowest BCUT2D eigenvalue weighted by Gasteiger charge is -2.17. The highest BCUT2D eigenvalue weighted by atomic mass is 19.4. The molecule has 1 saturated heterocycles. The number of halogens is 3. The Labute approximate surface area is 140 Å². The quantitative estimate of drug-likeness (QED) is 0.917. The first-order chi connectivity index (χ1) is 11.8. The zero-order chi connectivity index (χ0) is 18.0. The minimum atomic E-state index is -4.48. The molecule has 0 aromatic carbocycles. The molecular weight excluding hydrogens is 339 g/mol. The topological polar surface area (TPSA) is 75.3 Å². The second-order valence-electron chi connectivity index (χ2n) is 5.57. The molecule has 3 heterocycles. The number of H-pyrrole nitrogens is 1. The van der Waals surface area contributed by atoms with Gasteiger partial charge in [0.25, 0.3) is 11.5 Å². The predicted octanol–water partition coefficient (Wildman–Crippen LogP) is 2.08. The third-order valence-corrected chi connectivity index (χ3v) is 3.83. The lowest BCUT2D eigenvalue weighted by Crippen LogP contribution is -2.34. The molecule has 0 spiro atoms. The number of aromatic nitrogens is 2. The largest absolute Gasteiger partial charge is 0.472 e. The van der Waals surface area contributed by atoms with Crippen molar-refractivity contribution in [1.82, 2.24) is 14.9 Å². The fourth-order valence-electron chi connectivity index (χ4n) is 2.59. The number of ether oxygens (including phenoxy) is 1. The number of hydrogen-bond acceptors (Lipinski definition) is 4. The van der Waals surface area contributed by atoms with Crippen LogP contribution in [0.25, 0.3) is 0 Å². The molecule has 6 nitrogen and oxygen atoms in total. The lowest BCUT2D eigenvalue weighted by atomic mass is 10.2. The molecule has 1 N–H and O–H groups in total. The SMILES string of the molecule is O=C(c1ccc[nH]c1=O)N1CC[C@@H](Oc2cc(C(F)(F)F)ccn2)C1. The minimum Gasteiger partial charge on any atom is -0.472 e. The molecule has 132 valence electrons. The Kier molecular flexibility index (Phi) is 4.47. The Morgan fingerprint density at radius 1 is 1.36 bits per heavy atom. The van der Waals surface area contributed by atoms with E-state index in [4.69, 9.17) is 4.74 Å². The van der Waals surface area contributed by atoms with E-state index >= 15 is 0 Å². The number of rotatable bonds is 3. The van der Waals surface area contributed by atoms with Gasteiger partial charge in [0.1, 0.15) is 11.7 Å². The molecule has 0 radical (unpaired) electrons. The summed E-state index contributed by atoms with van der Waals surface area (Å²) in [6.07, 6.45) is -2.07. The van der Waals surface area contributed by atoms with Crippen molar-refractivity contribution in [1.29, 1.82) is 0 Å². The second-order valence-corrected chi connectivity index (χ2v) is 5.57. The molecular formula is C16H14F3N3O3. The fraction of sp³-hybridized carbons (Fsp3) is 0.312. The molecule has 9 heteroatoms. The van der Waals surface area contributed by atoms with E-state index in [1.807, 2.05) is 0 Å². The third-order valence-electron chi connectivity index (χ3n) is 3.83. The Bertz CT molecular complexity index is 835. The third kappa shape index (κ3) is 3.81. The Morgan fingerprint density at radius 2 is 2.16 bits per heavy atom. The van der Waals surface area contributed by atoms with Gasteiger partial charge in [-0.3, -0.25) is 9.59 Å². The second kappa shape index (κ2) is 6.58. The van der Waals surface area contributed by atoms with Gasteiger partial charge in [-0.25, -0.2) is 4.98 Å². The Hall–Kier alpha value is -2.84. The zero-order valence-corrected chi connectivity index (χ0v) is 12.9. The average molecular weight is 353 g/mol. The molecule has 0 bridgehead atoms. The van der Waals surface area contributed by atoms with Crippen LogP contribution in [0.4, 0.5) is 13.2 Å². The summed E-state index contributed by atoms with van der Waals surface area (Å²) in [7, 11) is 0. The number of nitrogens with one attached hydrogen (secondary N) is 1. The number of alkyl halides is 3. The van der Waals surface area contributed by atoms with E-state index in [0.717, 1.165) is 18.3 Å². The summed E-state index contributed by atoms with van der Waals surface area (Å²) in [6, 6.07) is 4.65. The maximum absolute atomic E-state index is 12.7. The van der Waals surface area contributed by atoms with E-state index in [9.17, 15) is 22.8 Å². The molecule has 1 aliphatic heterocycles. The minimum absolute atomic E-state index is 0.0142. The number of carbonyl (C=O) groups excluding carboxylic acids is 1. The van der Waals surface area contributed by atoms with Crippen molar-refractivity contribution in [2.24, 2.45) is 0 Å². The molecule has 25 heavy (non-hydrogen) atoms. The van der Waals surface area contributed by atoms with E-state index in [1.54, 1.807) is 6.07 Å². The zero-order valence-electron chi connectivity index (χ0n) is 12.9. The van der Waals surface area contributed by atoms with E-state index in [2.05, 4.69) is 9.97 Å². The smallest absolute Gasteiger partial charge is 0.416 e. The first-order valence-electron chi connectivity index (χ1n) is 7.51. The van der Waals surface area contributed by atoms with Crippen LogP contribution in [-0.2, 0) is 6.18 Å². The van der Waals surface area contributed by atoms with Crippen LogP contribution in [0, 0.1) is 0 Å². The van der Waals surface area contributed by atoms with Gasteiger partial charge in [-0.2, -0.15) is 13.2 Å². The van der Waals surface area contributed by atoms with Gasteiger partial charge in [-0.15, -0.1) is 0 Å². The van der Waals surface area contributed by atoms with Crippen LogP contribution in [-0.4, -0.2) is 40.0 Å². The highest BCUT2D eigenvalue weighted by Gasteiger charge is 2.32. The van der Waals surface area contributed by atoms with Gasteiger partial charge >= 0.3 is 6.18 Å². The van der Waals surface area contributed by atoms with Crippen molar-refractivity contribution in [2.75, 3.05) is 13.1 Å². The van der Waals surface area contributed by atoms with Gasteiger partial charge in [0.2, 0.25) is 5.88 Å². The molecule has 1 amide bonds. The number of likely N-dealkylation sites (tertiary alicyclic amines) is 1. The van der Waals surface area contributed by atoms with Crippen LogP contribution in [0.1, 0.15) is 22.3 Å². The molecule has 1 aliphatic rings. The molecule has 0 unspecified atom stereocenters. The van der Waals surface area contributed by atoms with Crippen LogP contribution in [0.3, 0.4) is 0 Å². The summed E-state index contributed by atoms with van der Waals surface area (Å²) in [5, 5.41) is 0. The lowest BCUT2D eigenvalue weighted by molar-refractivity contribution is -0.137. The van der Waals surface area contributed by atoms with Crippen molar-refractivity contribution in [3.8, 4) is 5.88 Å². The highest BCUT2D eigenvalue weighted by molar-refractivity contribution is 5.94. The van der Waals surface area contributed by atoms with Crippen molar-refractivity contribution in [3.05, 3.63) is 58.1 Å². The maximum Gasteiger partial charge on any atom is 0.416 e. The molecule has 3 rings (SSSR count). The summed E-state index contributed by atoms with van der Waals surface area (Å²) in [5.74, 6) is -0.586. The molecule has 0 saturated carbocycles. The van der Waals surface area contributed by atoms with Crippen molar-refractivity contribution in [3.63, 3.8) is 0 Å². The molecule has 2 aromatic rings. The van der Waals surface area contributed by atoms with Gasteiger partial charge in [0, 0.05) is 31.4 Å². The van der Waals surface area contributed by atoms with Gasteiger partial charge < -0.3 is 14.6 Å². The standard InChI is InChI=1S/C16H14F3N3O3/c17-16(18,19)10-3-6-20-13(8-10)25-11-4-7-22(9-11)15(24)12-2-1-5-21-14(12)23/h1-3,5-6,8,11H,4,7,9H2,(H,21,23)/t11-/m1/s1. The highest BCUT2D eigenvalue weighted by Crippen LogP contribution is 2.31. The number of pyridine rings is 2. The van der Waals surface area contributed by atoms with Crippen molar-refractivity contribution < 1.29 is 22.7 Å². The van der Waals surface area contributed by atoms with Gasteiger partial charge in [0.05, 0.1) is 12.1 Å². The number of hydrogen-bond donors (Lipinski definition) is 1. The average Bonchev–Trinajstić information content (AvgIpc) is 3.03. The molecule has 1 fully saturated rings. The maximum atomic E-state index is 12.7. The van der Waals surface area contributed by atoms with E-state index in [0.29, 0.717) is 13.0 Å². The molecule has 1 atom stereocenters. The number of nitrogens with zero attached hydrogens (tertiary/aromatic N) is 2. The first kappa shape index (κ1) is 17.0. The summed E-state index contributed by atoms with van der Waals surface area (Å²) >= 11 is 0. The van der Waals surface area contributed by atoms with Gasteiger partial charge in [0.15, 0.2) is 0 Å². The summed E-state index contributed by atoms with van der Waals surface area (Å²) < 4.78 is 43.6. The predicted molar refractivity (Wildman–Crippen MR) is 81.2 cm³/mol. The summed E-state index contributed by atoms with van der Waals surface area (Å²) in [4.78, 5) is 31.6. The first-order valence-corrected chi connectivity index (χ1v) is 7.51. The van der Waals surface area contributed by atoms with E-state index in [1.165, 1.54) is 17.2 Å². The Morgan fingerprint density at radius 3 is 2.88 bits per heavy atom. The van der Waals surface area contributed by atoms with Crippen LogP contribution < -0.4 is 10.3 Å². The summed E-state index contributed by atoms with van der Waals surface area (Å²) in [6.45, 7) is 0.516. The number of aromatic amines is 1. The normalized spacial score (nSPS) is 17.6. The summed E-state index contributed by atoms with van der Waals surface area (Å²) in [5.41, 5.74) is -1.32. The number of carbonyl (C=O) groups is 1.